The van der Waals surface area contributed by atoms with Crippen LogP contribution in [0.15, 0.2) is 10.9 Å². The van der Waals surface area contributed by atoms with Crippen molar-refractivity contribution in [1.82, 2.24) is 9.58 Å². The highest BCUT2D eigenvalue weighted by molar-refractivity contribution is 5.96. The molecule has 2 aliphatic heterocycles. The summed E-state index contributed by atoms with van der Waals surface area (Å²) in [6.45, 7) is 0.577. The fraction of sp³-hybridized carbons (Fsp3) is 0.538. The van der Waals surface area contributed by atoms with Crippen LogP contribution in [0.2, 0.25) is 0 Å². The summed E-state index contributed by atoms with van der Waals surface area (Å²) in [4.78, 5) is 26.1. The summed E-state index contributed by atoms with van der Waals surface area (Å²) in [5.41, 5.74) is 0.136. The third kappa shape index (κ3) is 1.76. The fourth-order valence-electron chi connectivity index (χ4n) is 2.96. The molecule has 0 saturated heterocycles. The predicted octanol–water partition coefficient (Wildman–Crippen LogP) is -1.10. The van der Waals surface area contributed by atoms with Gasteiger partial charge in [0, 0.05) is 20.2 Å². The van der Waals surface area contributed by atoms with Crippen molar-refractivity contribution >= 4 is 5.91 Å². The minimum absolute atomic E-state index is 0.00873. The maximum Gasteiger partial charge on any atom is 0.277 e. The van der Waals surface area contributed by atoms with E-state index in [1.807, 2.05) is 5.01 Å². The molecule has 1 amide bonds. The van der Waals surface area contributed by atoms with Gasteiger partial charge in [-0.15, -0.1) is 0 Å². The molecule has 2 unspecified atom stereocenters. The highest BCUT2D eigenvalue weighted by Gasteiger charge is 2.44. The van der Waals surface area contributed by atoms with Crippen molar-refractivity contribution in [1.29, 1.82) is 0 Å². The molecule has 21 heavy (non-hydrogen) atoms. The van der Waals surface area contributed by atoms with E-state index in [0.717, 1.165) is 0 Å². The second kappa shape index (κ2) is 4.74. The summed E-state index contributed by atoms with van der Waals surface area (Å²) in [7, 11) is 4.54. The van der Waals surface area contributed by atoms with Crippen molar-refractivity contribution in [3.05, 3.63) is 27.7 Å². The molecule has 0 aromatic carbocycles. The SMILES string of the molecule is COCC1N(C)C(=O)c2c(OC)c(=O)cc3n2N1CC3O. The van der Waals surface area contributed by atoms with E-state index in [-0.39, 0.29) is 30.1 Å². The Morgan fingerprint density at radius 1 is 1.38 bits per heavy atom. The molecule has 0 spiro atoms. The van der Waals surface area contributed by atoms with E-state index in [1.54, 1.807) is 18.8 Å². The van der Waals surface area contributed by atoms with Gasteiger partial charge in [-0.3, -0.25) is 14.6 Å². The Morgan fingerprint density at radius 3 is 2.71 bits per heavy atom. The molecule has 2 atom stereocenters. The monoisotopic (exact) mass is 295 g/mol. The molecule has 1 aromatic rings. The molecule has 114 valence electrons. The Bertz CT molecular complexity index is 656. The van der Waals surface area contributed by atoms with E-state index in [2.05, 4.69) is 0 Å². The van der Waals surface area contributed by atoms with Gasteiger partial charge in [0.15, 0.2) is 11.4 Å². The molecule has 8 heteroatoms. The number of amides is 1. The van der Waals surface area contributed by atoms with Gasteiger partial charge in [0.25, 0.3) is 5.91 Å². The number of rotatable bonds is 3. The van der Waals surface area contributed by atoms with E-state index in [0.29, 0.717) is 12.3 Å². The van der Waals surface area contributed by atoms with Crippen LogP contribution >= 0.6 is 0 Å². The third-order valence-electron chi connectivity index (χ3n) is 3.97. The number of pyridine rings is 1. The number of carbonyl (C=O) groups excluding carboxylic acids is 1. The molecular formula is C13H17N3O5. The molecule has 0 saturated carbocycles. The van der Waals surface area contributed by atoms with Crippen LogP contribution in [-0.4, -0.2) is 61.2 Å². The van der Waals surface area contributed by atoms with Gasteiger partial charge in [-0.1, -0.05) is 0 Å². The van der Waals surface area contributed by atoms with Gasteiger partial charge in [-0.25, -0.2) is 4.68 Å². The number of likely N-dealkylation sites (N-methyl/N-ethyl adjacent to an activating group) is 1. The topological polar surface area (TPSA) is 84.2 Å². The molecule has 0 fully saturated rings. The van der Waals surface area contributed by atoms with Gasteiger partial charge in [-0.2, -0.15) is 0 Å². The first-order valence-electron chi connectivity index (χ1n) is 6.56. The predicted molar refractivity (Wildman–Crippen MR) is 73.1 cm³/mol. The lowest BCUT2D eigenvalue weighted by atomic mass is 10.2. The van der Waals surface area contributed by atoms with Crippen molar-refractivity contribution < 1.29 is 19.4 Å². The van der Waals surface area contributed by atoms with E-state index in [4.69, 9.17) is 9.47 Å². The zero-order valence-corrected chi connectivity index (χ0v) is 12.1. The first-order chi connectivity index (χ1) is 10.0. The number of aromatic nitrogens is 1. The van der Waals surface area contributed by atoms with Crippen LogP contribution in [0.25, 0.3) is 0 Å². The summed E-state index contributed by atoms with van der Waals surface area (Å²) >= 11 is 0. The standard InChI is InChI=1S/C13H17N3O5/c1-14-10(6-20-2)15-5-9(18)7-4-8(17)12(21-3)11(13(14)19)16(7)15/h4,9-10,18H,5-6H2,1-3H3. The van der Waals surface area contributed by atoms with Crippen molar-refractivity contribution in [2.75, 3.05) is 39.4 Å². The van der Waals surface area contributed by atoms with Gasteiger partial charge in [0.1, 0.15) is 12.3 Å². The third-order valence-corrected chi connectivity index (χ3v) is 3.97. The van der Waals surface area contributed by atoms with Gasteiger partial charge in [0.2, 0.25) is 5.43 Å². The number of aliphatic hydroxyl groups excluding tert-OH is 1. The van der Waals surface area contributed by atoms with Crippen LogP contribution in [0.3, 0.4) is 0 Å². The van der Waals surface area contributed by atoms with Crippen LogP contribution in [0.1, 0.15) is 22.3 Å². The molecule has 0 bridgehead atoms. The van der Waals surface area contributed by atoms with E-state index >= 15 is 0 Å². The lowest BCUT2D eigenvalue weighted by Gasteiger charge is -2.42. The molecule has 0 radical (unpaired) electrons. The van der Waals surface area contributed by atoms with Crippen LogP contribution in [0.5, 0.6) is 5.75 Å². The molecule has 3 rings (SSSR count). The summed E-state index contributed by atoms with van der Waals surface area (Å²) < 4.78 is 11.8. The van der Waals surface area contributed by atoms with Gasteiger partial charge < -0.3 is 19.5 Å². The fourth-order valence-corrected chi connectivity index (χ4v) is 2.96. The van der Waals surface area contributed by atoms with Crippen LogP contribution in [0, 0.1) is 0 Å². The Kier molecular flexibility index (Phi) is 3.14. The van der Waals surface area contributed by atoms with Gasteiger partial charge >= 0.3 is 0 Å². The Balaban J connectivity index is 2.28. The number of hydrogen-bond donors (Lipinski definition) is 1. The zero-order chi connectivity index (χ0) is 15.3. The zero-order valence-electron chi connectivity index (χ0n) is 12.1. The first kappa shape index (κ1) is 13.9. The van der Waals surface area contributed by atoms with Crippen LogP contribution in [-0.2, 0) is 4.74 Å². The van der Waals surface area contributed by atoms with E-state index < -0.39 is 11.5 Å². The highest BCUT2D eigenvalue weighted by atomic mass is 16.5. The summed E-state index contributed by atoms with van der Waals surface area (Å²) in [6, 6.07) is 1.31. The Morgan fingerprint density at radius 2 is 2.10 bits per heavy atom. The van der Waals surface area contributed by atoms with E-state index in [1.165, 1.54) is 18.1 Å². The number of ether oxygens (including phenoxy) is 2. The van der Waals surface area contributed by atoms with Gasteiger partial charge in [-0.05, 0) is 0 Å². The average molecular weight is 295 g/mol. The molecule has 8 nitrogen and oxygen atoms in total. The van der Waals surface area contributed by atoms with Crippen molar-refractivity contribution in [3.8, 4) is 5.75 Å². The molecule has 2 aliphatic rings. The average Bonchev–Trinajstić information content (AvgIpc) is 2.77. The normalized spacial score (nSPS) is 23.5. The summed E-state index contributed by atoms with van der Waals surface area (Å²) in [5.74, 6) is -0.344. The second-order valence-corrected chi connectivity index (χ2v) is 5.12. The van der Waals surface area contributed by atoms with Gasteiger partial charge in [0.05, 0.1) is 26.0 Å². The number of methoxy groups -OCH3 is 2. The molecule has 1 N–H and O–H groups in total. The van der Waals surface area contributed by atoms with Crippen LogP contribution < -0.4 is 15.2 Å². The molecular weight excluding hydrogens is 278 g/mol. The number of aliphatic hydroxyl groups is 1. The van der Waals surface area contributed by atoms with Crippen molar-refractivity contribution in [2.45, 2.75) is 12.3 Å². The minimum Gasteiger partial charge on any atom is -0.491 e. The number of nitrogens with zero attached hydrogens (tertiary/aromatic N) is 3. The van der Waals surface area contributed by atoms with Crippen LogP contribution in [0.4, 0.5) is 0 Å². The molecule has 1 aromatic heterocycles. The minimum atomic E-state index is -0.832. The first-order valence-corrected chi connectivity index (χ1v) is 6.56. The largest absolute Gasteiger partial charge is 0.491 e. The maximum atomic E-state index is 12.6. The Labute approximate surface area is 121 Å². The summed E-state index contributed by atoms with van der Waals surface area (Å²) in [5, 5.41) is 12.0. The lowest BCUT2D eigenvalue weighted by molar-refractivity contribution is 0.0465. The quantitative estimate of drug-likeness (QED) is 0.762. The molecule has 3 heterocycles. The Hall–Kier alpha value is -2.06. The number of carbonyl (C=O) groups is 1. The smallest absolute Gasteiger partial charge is 0.277 e. The van der Waals surface area contributed by atoms with E-state index in [9.17, 15) is 14.7 Å². The lowest BCUT2D eigenvalue weighted by Crippen LogP contribution is -2.60. The highest BCUT2D eigenvalue weighted by Crippen LogP contribution is 2.32. The summed E-state index contributed by atoms with van der Waals surface area (Å²) in [6.07, 6.45) is -1.18. The van der Waals surface area contributed by atoms with Crippen molar-refractivity contribution in [3.63, 3.8) is 0 Å². The molecule has 0 aliphatic carbocycles. The van der Waals surface area contributed by atoms with Crippen molar-refractivity contribution in [2.24, 2.45) is 0 Å². The second-order valence-electron chi connectivity index (χ2n) is 5.12. The maximum absolute atomic E-state index is 12.6. The number of hydrogen-bond acceptors (Lipinski definition) is 6.